The van der Waals surface area contributed by atoms with Gasteiger partial charge in [0.1, 0.15) is 5.75 Å². The van der Waals surface area contributed by atoms with Crippen LogP contribution in [0.5, 0.6) is 5.75 Å². The first-order valence-corrected chi connectivity index (χ1v) is 11.6. The van der Waals surface area contributed by atoms with Crippen molar-refractivity contribution in [1.29, 1.82) is 0 Å². The molecule has 3 aromatic rings. The Kier molecular flexibility index (Phi) is 8.74. The second kappa shape index (κ2) is 11.7. The van der Waals surface area contributed by atoms with Crippen molar-refractivity contribution < 1.29 is 4.74 Å². The molecule has 31 heavy (non-hydrogen) atoms. The van der Waals surface area contributed by atoms with E-state index in [0.29, 0.717) is 0 Å². The normalized spacial score (nSPS) is 11.9. The lowest BCUT2D eigenvalue weighted by Crippen LogP contribution is -2.28. The van der Waals surface area contributed by atoms with Gasteiger partial charge in [-0.25, -0.2) is 0 Å². The second-order valence-corrected chi connectivity index (χ2v) is 8.11. The minimum atomic E-state index is 0.852. The van der Waals surface area contributed by atoms with E-state index in [9.17, 15) is 0 Å². The molecule has 0 bridgehead atoms. The van der Waals surface area contributed by atoms with Crippen molar-refractivity contribution in [2.45, 2.75) is 13.8 Å². The Bertz CT molecular complexity index is 962. The molecule has 3 nitrogen and oxygen atoms in total. The van der Waals surface area contributed by atoms with Crippen LogP contribution in [-0.4, -0.2) is 38.2 Å². The Hall–Kier alpha value is -2.56. The number of nitrogens with zero attached hydrogens (tertiary/aromatic N) is 1. The van der Waals surface area contributed by atoms with Crippen LogP contribution in [0.3, 0.4) is 0 Å². The molecule has 0 radical (unpaired) electrons. The van der Waals surface area contributed by atoms with Gasteiger partial charge in [-0.2, -0.15) is 0 Å². The molecule has 0 saturated carbocycles. The lowest BCUT2D eigenvalue weighted by atomic mass is 9.95. The van der Waals surface area contributed by atoms with E-state index in [4.69, 9.17) is 4.74 Å². The van der Waals surface area contributed by atoms with Crippen LogP contribution in [-0.2, 0) is 0 Å². The third kappa shape index (κ3) is 6.22. The van der Waals surface area contributed by atoms with Gasteiger partial charge < -0.3 is 15.0 Å². The lowest BCUT2D eigenvalue weighted by molar-refractivity contribution is 0.316. The van der Waals surface area contributed by atoms with E-state index in [-0.39, 0.29) is 0 Å². The summed E-state index contributed by atoms with van der Waals surface area (Å²) in [7, 11) is 1.69. The molecule has 0 saturated heterocycles. The largest absolute Gasteiger partial charge is 0.497 e. The highest BCUT2D eigenvalue weighted by Gasteiger charge is 2.12. The van der Waals surface area contributed by atoms with Gasteiger partial charge in [-0.15, -0.1) is 0 Å². The van der Waals surface area contributed by atoms with Crippen LogP contribution in [0, 0.1) is 0 Å². The third-order valence-corrected chi connectivity index (χ3v) is 6.30. The highest BCUT2D eigenvalue weighted by molar-refractivity contribution is 9.15. The first kappa shape index (κ1) is 23.1. The number of hydrogen-bond donors (Lipinski definition) is 1. The molecule has 1 N–H and O–H groups in total. The maximum Gasteiger partial charge on any atom is 0.118 e. The first-order chi connectivity index (χ1) is 15.2. The molecule has 0 unspecified atom stereocenters. The zero-order chi connectivity index (χ0) is 22.1. The summed E-state index contributed by atoms with van der Waals surface area (Å²) >= 11 is 3.88. The Morgan fingerprint density at radius 3 is 1.97 bits per heavy atom. The zero-order valence-electron chi connectivity index (χ0n) is 18.6. The summed E-state index contributed by atoms with van der Waals surface area (Å²) < 4.78 is 6.37. The SMILES string of the molecule is CCN(CC)CCNc1ccc(C(=C(Br)c2ccc(OC)cc2)c2ccccc2)cc1. The first-order valence-electron chi connectivity index (χ1n) is 10.8. The molecule has 3 rings (SSSR count). The molecule has 0 aromatic heterocycles. The van der Waals surface area contributed by atoms with E-state index in [1.54, 1.807) is 7.11 Å². The van der Waals surface area contributed by atoms with Crippen molar-refractivity contribution in [1.82, 2.24) is 4.90 Å². The van der Waals surface area contributed by atoms with Gasteiger partial charge in [0, 0.05) is 28.8 Å². The van der Waals surface area contributed by atoms with Crippen LogP contribution in [0.4, 0.5) is 5.69 Å². The van der Waals surface area contributed by atoms with Crippen molar-refractivity contribution in [2.24, 2.45) is 0 Å². The standard InChI is InChI=1S/C27H31BrN2O/c1-4-30(5-2)20-19-29-24-15-11-22(12-16-24)26(21-9-7-6-8-10-21)27(28)23-13-17-25(31-3)18-14-23/h6-18,29H,4-5,19-20H2,1-3H3. The van der Waals surface area contributed by atoms with Crippen LogP contribution >= 0.6 is 15.9 Å². The molecular formula is C27H31BrN2O. The van der Waals surface area contributed by atoms with Crippen LogP contribution in [0.2, 0.25) is 0 Å². The maximum absolute atomic E-state index is 5.31. The minimum absolute atomic E-state index is 0.852. The summed E-state index contributed by atoms with van der Waals surface area (Å²) in [6.07, 6.45) is 0. The van der Waals surface area contributed by atoms with E-state index in [0.717, 1.165) is 47.7 Å². The Labute approximate surface area is 194 Å². The van der Waals surface area contributed by atoms with E-state index in [1.807, 2.05) is 18.2 Å². The number of likely N-dealkylation sites (N-methyl/N-ethyl adjacent to an activating group) is 1. The predicted octanol–water partition coefficient (Wildman–Crippen LogP) is 6.76. The van der Waals surface area contributed by atoms with Crippen molar-refractivity contribution >= 4 is 31.7 Å². The monoisotopic (exact) mass is 478 g/mol. The molecular weight excluding hydrogens is 448 g/mol. The van der Waals surface area contributed by atoms with Gasteiger partial charge in [-0.3, -0.25) is 0 Å². The molecule has 0 heterocycles. The number of hydrogen-bond acceptors (Lipinski definition) is 3. The van der Waals surface area contributed by atoms with Gasteiger partial charge in [0.2, 0.25) is 0 Å². The van der Waals surface area contributed by atoms with E-state index < -0.39 is 0 Å². The second-order valence-electron chi connectivity index (χ2n) is 7.31. The van der Waals surface area contributed by atoms with Crippen molar-refractivity contribution in [3.8, 4) is 5.75 Å². The van der Waals surface area contributed by atoms with Crippen LogP contribution in [0.25, 0.3) is 10.1 Å². The van der Waals surface area contributed by atoms with Gasteiger partial charge in [-0.05, 0) is 70.0 Å². The average Bonchev–Trinajstić information content (AvgIpc) is 2.83. The van der Waals surface area contributed by atoms with Crippen LogP contribution in [0.15, 0.2) is 78.9 Å². The lowest BCUT2D eigenvalue weighted by Gasteiger charge is -2.18. The van der Waals surface area contributed by atoms with Gasteiger partial charge in [-0.1, -0.05) is 68.4 Å². The highest BCUT2D eigenvalue weighted by Crippen LogP contribution is 2.36. The Balaban J connectivity index is 1.88. The van der Waals surface area contributed by atoms with Gasteiger partial charge in [0.25, 0.3) is 0 Å². The van der Waals surface area contributed by atoms with Crippen LogP contribution in [0.1, 0.15) is 30.5 Å². The summed E-state index contributed by atoms with van der Waals surface area (Å²) in [5.41, 5.74) is 5.76. The van der Waals surface area contributed by atoms with Crippen molar-refractivity contribution in [2.75, 3.05) is 38.6 Å². The van der Waals surface area contributed by atoms with Gasteiger partial charge >= 0.3 is 0 Å². The molecule has 0 amide bonds. The Morgan fingerprint density at radius 1 is 0.806 bits per heavy atom. The number of rotatable bonds is 10. The third-order valence-electron chi connectivity index (χ3n) is 5.45. The maximum atomic E-state index is 5.31. The molecule has 0 aliphatic rings. The van der Waals surface area contributed by atoms with Crippen molar-refractivity contribution in [3.05, 3.63) is 95.6 Å². The molecule has 162 valence electrons. The molecule has 0 aliphatic carbocycles. The number of benzene rings is 3. The van der Waals surface area contributed by atoms with Gasteiger partial charge in [0.15, 0.2) is 0 Å². The van der Waals surface area contributed by atoms with Crippen molar-refractivity contribution in [3.63, 3.8) is 0 Å². The number of methoxy groups -OCH3 is 1. The fourth-order valence-electron chi connectivity index (χ4n) is 3.56. The fraction of sp³-hybridized carbons (Fsp3) is 0.259. The van der Waals surface area contributed by atoms with Gasteiger partial charge in [0.05, 0.1) is 7.11 Å². The summed E-state index contributed by atoms with van der Waals surface area (Å²) in [6.45, 7) is 8.57. The number of ether oxygens (including phenoxy) is 1. The number of anilines is 1. The quantitative estimate of drug-likeness (QED) is 0.325. The highest BCUT2D eigenvalue weighted by atomic mass is 79.9. The smallest absolute Gasteiger partial charge is 0.118 e. The van der Waals surface area contributed by atoms with E-state index in [2.05, 4.69) is 101 Å². The minimum Gasteiger partial charge on any atom is -0.497 e. The molecule has 0 aliphatic heterocycles. The fourth-order valence-corrected chi connectivity index (χ4v) is 4.28. The summed E-state index contributed by atoms with van der Waals surface area (Å²) in [4.78, 5) is 2.42. The summed E-state index contributed by atoms with van der Waals surface area (Å²) in [6, 6.07) is 27.3. The summed E-state index contributed by atoms with van der Waals surface area (Å²) in [5, 5.41) is 3.54. The zero-order valence-corrected chi connectivity index (χ0v) is 20.2. The topological polar surface area (TPSA) is 24.5 Å². The predicted molar refractivity (Wildman–Crippen MR) is 137 cm³/mol. The average molecular weight is 479 g/mol. The van der Waals surface area contributed by atoms with E-state index in [1.165, 1.54) is 16.7 Å². The van der Waals surface area contributed by atoms with E-state index >= 15 is 0 Å². The number of nitrogens with one attached hydrogen (secondary N) is 1. The molecule has 0 spiro atoms. The van der Waals surface area contributed by atoms with Crippen LogP contribution < -0.4 is 10.1 Å². The summed E-state index contributed by atoms with van der Waals surface area (Å²) in [5.74, 6) is 0.852. The number of halogens is 1. The molecule has 0 fully saturated rings. The Morgan fingerprint density at radius 2 is 1.39 bits per heavy atom. The molecule has 3 aromatic carbocycles. The molecule has 4 heteroatoms. The molecule has 0 atom stereocenters.